The lowest BCUT2D eigenvalue weighted by Gasteiger charge is -2.07. The van der Waals surface area contributed by atoms with Gasteiger partial charge in [-0.2, -0.15) is 13.2 Å². The zero-order valence-corrected chi connectivity index (χ0v) is 8.87. The number of halogens is 3. The molecule has 0 aliphatic carbocycles. The van der Waals surface area contributed by atoms with Gasteiger partial charge in [0.15, 0.2) is 0 Å². The third-order valence-electron chi connectivity index (χ3n) is 1.78. The molecule has 1 aromatic heterocycles. The first-order valence-electron chi connectivity index (χ1n) is 4.83. The fourth-order valence-electron chi connectivity index (χ4n) is 1.08. The lowest BCUT2D eigenvalue weighted by molar-refractivity contribution is -0.138. The van der Waals surface area contributed by atoms with Crippen LogP contribution in [0.4, 0.5) is 13.2 Å². The van der Waals surface area contributed by atoms with Crippen molar-refractivity contribution in [1.82, 2.24) is 20.3 Å². The van der Waals surface area contributed by atoms with Crippen molar-refractivity contribution >= 4 is 5.91 Å². The maximum atomic E-state index is 11.8. The summed E-state index contributed by atoms with van der Waals surface area (Å²) < 4.78 is 36.6. The van der Waals surface area contributed by atoms with Gasteiger partial charge in [-0.3, -0.25) is 4.79 Å². The predicted octanol–water partition coefficient (Wildman–Crippen LogP) is -0.542. The molecule has 0 saturated carbocycles. The van der Waals surface area contributed by atoms with Crippen LogP contribution in [-0.2, 0) is 17.8 Å². The summed E-state index contributed by atoms with van der Waals surface area (Å²) in [6.45, 7) is -1.26. The molecule has 1 rings (SSSR count). The summed E-state index contributed by atoms with van der Waals surface area (Å²) in [5, 5.41) is 9.02. The average molecular weight is 251 g/mol. The molecule has 0 atom stereocenters. The Labute approximate surface area is 95.0 Å². The second-order valence-electron chi connectivity index (χ2n) is 3.34. The van der Waals surface area contributed by atoms with Crippen LogP contribution in [0.1, 0.15) is 5.69 Å². The van der Waals surface area contributed by atoms with Gasteiger partial charge in [-0.25, -0.2) is 4.68 Å². The number of rotatable bonds is 5. The van der Waals surface area contributed by atoms with E-state index in [0.717, 1.165) is 4.68 Å². The highest BCUT2D eigenvalue weighted by Crippen LogP contribution is 2.11. The highest BCUT2D eigenvalue weighted by atomic mass is 19.4. The largest absolute Gasteiger partial charge is 0.405 e. The summed E-state index contributed by atoms with van der Waals surface area (Å²) >= 11 is 0. The second kappa shape index (κ2) is 5.62. The van der Waals surface area contributed by atoms with E-state index < -0.39 is 18.6 Å². The molecule has 0 aliphatic rings. The lowest BCUT2D eigenvalue weighted by atomic mass is 10.3. The number of nitrogens with one attached hydrogen (secondary N) is 1. The van der Waals surface area contributed by atoms with E-state index in [-0.39, 0.29) is 6.54 Å². The predicted molar refractivity (Wildman–Crippen MR) is 51.8 cm³/mol. The summed E-state index contributed by atoms with van der Waals surface area (Å²) in [5.74, 6) is -0.772. The van der Waals surface area contributed by atoms with Gasteiger partial charge in [0.05, 0.1) is 5.69 Å². The van der Waals surface area contributed by atoms with E-state index in [9.17, 15) is 18.0 Å². The molecule has 3 N–H and O–H groups in total. The Morgan fingerprint density at radius 2 is 2.24 bits per heavy atom. The standard InChI is InChI=1S/C8H12F3N5O/c9-8(10,11)5-13-7(17)4-16-3-6(1-2-12)14-15-16/h3H,1-2,4-5,12H2,(H,13,17). The van der Waals surface area contributed by atoms with E-state index >= 15 is 0 Å². The minimum absolute atomic E-state index is 0.298. The van der Waals surface area contributed by atoms with E-state index in [1.807, 2.05) is 0 Å². The smallest absolute Gasteiger partial charge is 0.345 e. The van der Waals surface area contributed by atoms with E-state index in [0.29, 0.717) is 18.7 Å². The molecule has 1 amide bonds. The first-order chi connectivity index (χ1) is 7.90. The molecular weight excluding hydrogens is 239 g/mol. The van der Waals surface area contributed by atoms with Gasteiger partial charge in [0.2, 0.25) is 5.91 Å². The fraction of sp³-hybridized carbons (Fsp3) is 0.625. The number of aromatic nitrogens is 3. The molecular formula is C8H12F3N5O. The normalized spacial score (nSPS) is 11.5. The number of hydrogen-bond donors (Lipinski definition) is 2. The zero-order valence-electron chi connectivity index (χ0n) is 8.87. The first kappa shape index (κ1) is 13.4. The molecule has 0 spiro atoms. The second-order valence-corrected chi connectivity index (χ2v) is 3.34. The Hall–Kier alpha value is -1.64. The molecule has 0 fully saturated rings. The van der Waals surface area contributed by atoms with Gasteiger partial charge in [0.25, 0.3) is 0 Å². The fourth-order valence-corrected chi connectivity index (χ4v) is 1.08. The van der Waals surface area contributed by atoms with Crippen molar-refractivity contribution in [3.8, 4) is 0 Å². The van der Waals surface area contributed by atoms with Gasteiger partial charge in [0.1, 0.15) is 13.1 Å². The van der Waals surface area contributed by atoms with Crippen molar-refractivity contribution in [2.24, 2.45) is 5.73 Å². The van der Waals surface area contributed by atoms with Crippen LogP contribution in [0.3, 0.4) is 0 Å². The Balaban J connectivity index is 2.39. The van der Waals surface area contributed by atoms with Crippen molar-refractivity contribution in [3.63, 3.8) is 0 Å². The topological polar surface area (TPSA) is 85.8 Å². The van der Waals surface area contributed by atoms with Gasteiger partial charge in [-0.05, 0) is 6.54 Å². The maximum absolute atomic E-state index is 11.8. The summed E-state index contributed by atoms with van der Waals surface area (Å²) in [7, 11) is 0. The van der Waals surface area contributed by atoms with E-state index in [4.69, 9.17) is 5.73 Å². The van der Waals surface area contributed by atoms with Crippen LogP contribution in [0.15, 0.2) is 6.20 Å². The summed E-state index contributed by atoms with van der Waals surface area (Å²) in [4.78, 5) is 11.1. The van der Waals surface area contributed by atoms with Crippen LogP contribution in [0.25, 0.3) is 0 Å². The maximum Gasteiger partial charge on any atom is 0.405 e. The number of nitrogens with zero attached hydrogens (tertiary/aromatic N) is 3. The molecule has 9 heteroatoms. The van der Waals surface area contributed by atoms with E-state index in [1.54, 1.807) is 5.32 Å². The Kier molecular flexibility index (Phi) is 4.44. The third kappa shape index (κ3) is 5.29. The average Bonchev–Trinajstić information content (AvgIpc) is 2.62. The van der Waals surface area contributed by atoms with Crippen molar-refractivity contribution in [3.05, 3.63) is 11.9 Å². The van der Waals surface area contributed by atoms with Crippen LogP contribution >= 0.6 is 0 Å². The molecule has 0 aliphatic heterocycles. The van der Waals surface area contributed by atoms with Gasteiger partial charge in [0, 0.05) is 12.6 Å². The molecule has 0 unspecified atom stereocenters. The molecule has 1 heterocycles. The Morgan fingerprint density at radius 1 is 1.53 bits per heavy atom. The highest BCUT2D eigenvalue weighted by Gasteiger charge is 2.27. The first-order valence-corrected chi connectivity index (χ1v) is 4.83. The SMILES string of the molecule is NCCc1cn(CC(=O)NCC(F)(F)F)nn1. The van der Waals surface area contributed by atoms with Crippen molar-refractivity contribution in [2.75, 3.05) is 13.1 Å². The third-order valence-corrected chi connectivity index (χ3v) is 1.78. The van der Waals surface area contributed by atoms with Gasteiger partial charge in [-0.1, -0.05) is 5.21 Å². The van der Waals surface area contributed by atoms with Crippen LogP contribution in [0.2, 0.25) is 0 Å². The number of carbonyl (C=O) groups excluding carboxylic acids is 1. The number of carbonyl (C=O) groups is 1. The van der Waals surface area contributed by atoms with Crippen LogP contribution in [-0.4, -0.2) is 40.2 Å². The Morgan fingerprint density at radius 3 is 2.82 bits per heavy atom. The summed E-state index contributed by atoms with van der Waals surface area (Å²) in [6.07, 6.45) is -2.44. The minimum Gasteiger partial charge on any atom is -0.345 e. The van der Waals surface area contributed by atoms with Crippen LogP contribution < -0.4 is 11.1 Å². The van der Waals surface area contributed by atoms with Gasteiger partial charge < -0.3 is 11.1 Å². The van der Waals surface area contributed by atoms with Crippen LogP contribution in [0.5, 0.6) is 0 Å². The number of hydrogen-bond acceptors (Lipinski definition) is 4. The molecule has 6 nitrogen and oxygen atoms in total. The molecule has 0 radical (unpaired) electrons. The van der Waals surface area contributed by atoms with E-state index in [2.05, 4.69) is 10.3 Å². The highest BCUT2D eigenvalue weighted by molar-refractivity contribution is 5.75. The van der Waals surface area contributed by atoms with E-state index in [1.165, 1.54) is 6.20 Å². The molecule has 17 heavy (non-hydrogen) atoms. The van der Waals surface area contributed by atoms with Crippen molar-refractivity contribution < 1.29 is 18.0 Å². The summed E-state index contributed by atoms with van der Waals surface area (Å²) in [5.41, 5.74) is 5.88. The lowest BCUT2D eigenvalue weighted by Crippen LogP contribution is -2.35. The van der Waals surface area contributed by atoms with Crippen molar-refractivity contribution in [1.29, 1.82) is 0 Å². The molecule has 1 aromatic rings. The van der Waals surface area contributed by atoms with Crippen molar-refractivity contribution in [2.45, 2.75) is 19.1 Å². The number of nitrogens with two attached hydrogens (primary N) is 1. The Bertz CT molecular complexity index is 375. The quantitative estimate of drug-likeness (QED) is 0.735. The number of alkyl halides is 3. The minimum atomic E-state index is -4.41. The zero-order chi connectivity index (χ0) is 12.9. The van der Waals surface area contributed by atoms with Gasteiger partial charge >= 0.3 is 6.18 Å². The molecule has 0 aromatic carbocycles. The monoisotopic (exact) mass is 251 g/mol. The van der Waals surface area contributed by atoms with Gasteiger partial charge in [-0.15, -0.1) is 5.10 Å². The number of amides is 1. The molecule has 0 saturated heterocycles. The molecule has 96 valence electrons. The van der Waals surface area contributed by atoms with Crippen LogP contribution in [0, 0.1) is 0 Å². The molecule has 0 bridgehead atoms. The summed E-state index contributed by atoms with van der Waals surface area (Å²) in [6, 6.07) is 0.